The molecule has 0 radical (unpaired) electrons. The van der Waals surface area contributed by atoms with Gasteiger partial charge >= 0.3 is 0 Å². The summed E-state index contributed by atoms with van der Waals surface area (Å²) in [4.78, 5) is 14.1. The standard InChI is InChI=1S/C15H21FN2O2/c1-3-8-17-14-10-20-9-13(14)15(19)18(2)12-6-4-11(16)5-7-12/h4-7,13-14,17H,3,8-10H2,1-2H3. The second kappa shape index (κ2) is 6.81. The number of ether oxygens (including phenoxy) is 1. The fourth-order valence-corrected chi connectivity index (χ4v) is 2.37. The third-order valence-corrected chi connectivity index (χ3v) is 3.60. The van der Waals surface area contributed by atoms with Crippen LogP contribution in [-0.2, 0) is 9.53 Å². The van der Waals surface area contributed by atoms with Crippen LogP contribution in [0.3, 0.4) is 0 Å². The maximum atomic E-state index is 12.9. The summed E-state index contributed by atoms with van der Waals surface area (Å²) in [5.74, 6) is -0.486. The van der Waals surface area contributed by atoms with Gasteiger partial charge in [-0.25, -0.2) is 4.39 Å². The van der Waals surface area contributed by atoms with E-state index in [0.29, 0.717) is 18.9 Å². The molecular formula is C15H21FN2O2. The van der Waals surface area contributed by atoms with Gasteiger partial charge in [0.2, 0.25) is 5.91 Å². The number of hydrogen-bond acceptors (Lipinski definition) is 3. The second-order valence-corrected chi connectivity index (χ2v) is 5.08. The van der Waals surface area contributed by atoms with E-state index in [2.05, 4.69) is 12.2 Å². The van der Waals surface area contributed by atoms with Crippen LogP contribution < -0.4 is 10.2 Å². The molecule has 2 atom stereocenters. The van der Waals surface area contributed by atoms with E-state index in [4.69, 9.17) is 4.74 Å². The molecular weight excluding hydrogens is 259 g/mol. The lowest BCUT2D eigenvalue weighted by Gasteiger charge is -2.24. The highest BCUT2D eigenvalue weighted by atomic mass is 19.1. The predicted molar refractivity (Wildman–Crippen MR) is 76.2 cm³/mol. The van der Waals surface area contributed by atoms with Gasteiger partial charge in [-0.1, -0.05) is 6.92 Å². The van der Waals surface area contributed by atoms with Gasteiger partial charge in [0, 0.05) is 18.8 Å². The average molecular weight is 280 g/mol. The lowest BCUT2D eigenvalue weighted by atomic mass is 10.0. The van der Waals surface area contributed by atoms with Crippen molar-refractivity contribution in [3.63, 3.8) is 0 Å². The molecule has 2 rings (SSSR count). The predicted octanol–water partition coefficient (Wildman–Crippen LogP) is 1.80. The molecule has 0 bridgehead atoms. The molecule has 1 aliphatic heterocycles. The molecule has 0 aliphatic carbocycles. The third kappa shape index (κ3) is 3.35. The molecule has 110 valence electrons. The van der Waals surface area contributed by atoms with E-state index in [1.807, 2.05) is 0 Å². The Bertz CT molecular complexity index is 450. The van der Waals surface area contributed by atoms with Gasteiger partial charge in [0.1, 0.15) is 5.82 Å². The number of nitrogens with zero attached hydrogens (tertiary/aromatic N) is 1. The Balaban J connectivity index is 2.03. The number of nitrogens with one attached hydrogen (secondary N) is 1. The van der Waals surface area contributed by atoms with E-state index >= 15 is 0 Å². The van der Waals surface area contributed by atoms with Gasteiger partial charge in [-0.05, 0) is 37.2 Å². The lowest BCUT2D eigenvalue weighted by Crippen LogP contribution is -2.45. The van der Waals surface area contributed by atoms with Crippen LogP contribution in [0, 0.1) is 11.7 Å². The number of hydrogen-bond donors (Lipinski definition) is 1. The van der Waals surface area contributed by atoms with Gasteiger partial charge in [0.15, 0.2) is 0 Å². The summed E-state index contributed by atoms with van der Waals surface area (Å²) < 4.78 is 18.3. The van der Waals surface area contributed by atoms with E-state index in [1.54, 1.807) is 24.1 Å². The first kappa shape index (κ1) is 14.9. The smallest absolute Gasteiger partial charge is 0.233 e. The van der Waals surface area contributed by atoms with Crippen molar-refractivity contribution in [2.75, 3.05) is 31.7 Å². The Morgan fingerprint density at radius 1 is 1.40 bits per heavy atom. The molecule has 1 aromatic carbocycles. The van der Waals surface area contributed by atoms with Gasteiger partial charge in [0.05, 0.1) is 19.1 Å². The van der Waals surface area contributed by atoms with E-state index in [1.165, 1.54) is 12.1 Å². The van der Waals surface area contributed by atoms with Crippen molar-refractivity contribution < 1.29 is 13.9 Å². The number of benzene rings is 1. The number of rotatable bonds is 5. The topological polar surface area (TPSA) is 41.6 Å². The molecule has 20 heavy (non-hydrogen) atoms. The number of anilines is 1. The SMILES string of the molecule is CCCNC1COCC1C(=O)N(C)c1ccc(F)cc1. The Hall–Kier alpha value is -1.46. The largest absolute Gasteiger partial charge is 0.379 e. The van der Waals surface area contributed by atoms with Crippen LogP contribution in [0.2, 0.25) is 0 Å². The molecule has 0 spiro atoms. The zero-order valence-electron chi connectivity index (χ0n) is 11.9. The molecule has 5 heteroatoms. The van der Waals surface area contributed by atoms with Crippen molar-refractivity contribution in [2.24, 2.45) is 5.92 Å². The molecule has 1 aromatic rings. The van der Waals surface area contributed by atoms with E-state index < -0.39 is 0 Å². The molecule has 1 fully saturated rings. The van der Waals surface area contributed by atoms with Gasteiger partial charge in [-0.15, -0.1) is 0 Å². The second-order valence-electron chi connectivity index (χ2n) is 5.08. The molecule has 2 unspecified atom stereocenters. The van der Waals surface area contributed by atoms with Gasteiger partial charge < -0.3 is 15.0 Å². The highest BCUT2D eigenvalue weighted by Gasteiger charge is 2.35. The van der Waals surface area contributed by atoms with Crippen molar-refractivity contribution in [3.8, 4) is 0 Å². The van der Waals surface area contributed by atoms with Crippen molar-refractivity contribution in [3.05, 3.63) is 30.1 Å². The Kier molecular flexibility index (Phi) is 5.09. The first-order valence-corrected chi connectivity index (χ1v) is 6.97. The highest BCUT2D eigenvalue weighted by Crippen LogP contribution is 2.21. The number of amides is 1. The van der Waals surface area contributed by atoms with Crippen LogP contribution in [0.25, 0.3) is 0 Å². The summed E-state index contributed by atoms with van der Waals surface area (Å²) in [6, 6.07) is 5.99. The summed E-state index contributed by atoms with van der Waals surface area (Å²) in [5, 5.41) is 3.35. The fourth-order valence-electron chi connectivity index (χ4n) is 2.37. The Morgan fingerprint density at radius 2 is 2.10 bits per heavy atom. The molecule has 1 heterocycles. The lowest BCUT2D eigenvalue weighted by molar-refractivity contribution is -0.122. The molecule has 0 aromatic heterocycles. The Labute approximate surface area is 118 Å². The van der Waals surface area contributed by atoms with E-state index in [9.17, 15) is 9.18 Å². The van der Waals surface area contributed by atoms with Crippen LogP contribution in [0.4, 0.5) is 10.1 Å². The monoisotopic (exact) mass is 280 g/mol. The zero-order valence-corrected chi connectivity index (χ0v) is 11.9. The minimum atomic E-state index is -0.304. The molecule has 1 N–H and O–H groups in total. The Morgan fingerprint density at radius 3 is 2.75 bits per heavy atom. The van der Waals surface area contributed by atoms with Crippen LogP contribution in [0.5, 0.6) is 0 Å². The zero-order chi connectivity index (χ0) is 14.5. The van der Waals surface area contributed by atoms with Crippen LogP contribution in [-0.4, -0.2) is 38.8 Å². The molecule has 1 amide bonds. The summed E-state index contributed by atoms with van der Waals surface area (Å²) in [6.45, 7) is 3.96. The molecule has 0 saturated carbocycles. The summed E-state index contributed by atoms with van der Waals surface area (Å²) in [5.41, 5.74) is 0.692. The number of carbonyl (C=O) groups excluding carboxylic acids is 1. The molecule has 1 saturated heterocycles. The van der Waals surface area contributed by atoms with Crippen molar-refractivity contribution >= 4 is 11.6 Å². The normalized spacial score (nSPS) is 21.9. The van der Waals surface area contributed by atoms with Crippen molar-refractivity contribution in [2.45, 2.75) is 19.4 Å². The van der Waals surface area contributed by atoms with Gasteiger partial charge in [-0.3, -0.25) is 4.79 Å². The quantitative estimate of drug-likeness (QED) is 0.894. The van der Waals surface area contributed by atoms with Crippen LogP contribution >= 0.6 is 0 Å². The van der Waals surface area contributed by atoms with Crippen molar-refractivity contribution in [1.82, 2.24) is 5.32 Å². The van der Waals surface area contributed by atoms with Crippen LogP contribution in [0.15, 0.2) is 24.3 Å². The van der Waals surface area contributed by atoms with Crippen LogP contribution in [0.1, 0.15) is 13.3 Å². The molecule has 1 aliphatic rings. The highest BCUT2D eigenvalue weighted by molar-refractivity contribution is 5.95. The average Bonchev–Trinajstić information content (AvgIpc) is 2.92. The van der Waals surface area contributed by atoms with E-state index in [-0.39, 0.29) is 23.7 Å². The maximum absolute atomic E-state index is 12.9. The first-order valence-electron chi connectivity index (χ1n) is 6.97. The maximum Gasteiger partial charge on any atom is 0.233 e. The van der Waals surface area contributed by atoms with Crippen molar-refractivity contribution in [1.29, 1.82) is 0 Å². The summed E-state index contributed by atoms with van der Waals surface area (Å²) >= 11 is 0. The van der Waals surface area contributed by atoms with Gasteiger partial charge in [0.25, 0.3) is 0 Å². The first-order chi connectivity index (χ1) is 9.63. The summed E-state index contributed by atoms with van der Waals surface area (Å²) in [7, 11) is 1.71. The molecule has 4 nitrogen and oxygen atoms in total. The van der Waals surface area contributed by atoms with Gasteiger partial charge in [-0.2, -0.15) is 0 Å². The fraction of sp³-hybridized carbons (Fsp3) is 0.533. The number of carbonyl (C=O) groups is 1. The minimum absolute atomic E-state index is 0.00251. The summed E-state index contributed by atoms with van der Waals surface area (Å²) in [6.07, 6.45) is 1.02. The van der Waals surface area contributed by atoms with E-state index in [0.717, 1.165) is 13.0 Å². The number of halogens is 1. The third-order valence-electron chi connectivity index (χ3n) is 3.60. The minimum Gasteiger partial charge on any atom is -0.379 e.